The molecule has 0 fully saturated rings. The Labute approximate surface area is 104 Å². The van der Waals surface area contributed by atoms with E-state index in [1.165, 1.54) is 4.57 Å². The minimum Gasteiger partial charge on any atom is -0.300 e. The lowest BCUT2D eigenvalue weighted by Gasteiger charge is -2.05. The van der Waals surface area contributed by atoms with E-state index in [1.54, 1.807) is 13.1 Å². The smallest absolute Gasteiger partial charge is 0.300 e. The third-order valence-corrected chi connectivity index (χ3v) is 2.66. The molecule has 0 aliphatic rings. The van der Waals surface area contributed by atoms with Crippen molar-refractivity contribution in [3.05, 3.63) is 43.0 Å². The second kappa shape index (κ2) is 7.34. The summed E-state index contributed by atoms with van der Waals surface area (Å²) in [6.45, 7) is 2.79. The van der Waals surface area contributed by atoms with Crippen LogP contribution in [0.5, 0.6) is 0 Å². The molecular formula is C11H17N5O2. The van der Waals surface area contributed by atoms with Gasteiger partial charge >= 0.3 is 5.69 Å². The standard InChI is InChI=1S/C11H17N5O2/c1-9-8-16(11(18)14-10(9)17)7-5-3-2-4-6-13-15-12/h8H,2-7H2,1H3,(H,14,17,18). The molecule has 1 heterocycles. The third-order valence-electron chi connectivity index (χ3n) is 2.66. The second-order valence-electron chi connectivity index (χ2n) is 4.13. The number of aromatic amines is 1. The van der Waals surface area contributed by atoms with Gasteiger partial charge < -0.3 is 4.57 Å². The van der Waals surface area contributed by atoms with Gasteiger partial charge in [0.25, 0.3) is 5.56 Å². The summed E-state index contributed by atoms with van der Waals surface area (Å²) >= 11 is 0. The molecule has 18 heavy (non-hydrogen) atoms. The van der Waals surface area contributed by atoms with Crippen molar-refractivity contribution in [2.75, 3.05) is 6.54 Å². The Balaban J connectivity index is 2.36. The fourth-order valence-corrected chi connectivity index (χ4v) is 1.65. The van der Waals surface area contributed by atoms with E-state index < -0.39 is 0 Å². The van der Waals surface area contributed by atoms with Gasteiger partial charge in [0.1, 0.15) is 0 Å². The molecule has 1 aromatic rings. The number of nitrogens with zero attached hydrogens (tertiary/aromatic N) is 4. The number of nitrogens with one attached hydrogen (secondary N) is 1. The lowest BCUT2D eigenvalue weighted by atomic mass is 10.2. The van der Waals surface area contributed by atoms with Crippen molar-refractivity contribution in [3.8, 4) is 0 Å². The van der Waals surface area contributed by atoms with Crippen molar-refractivity contribution in [1.82, 2.24) is 9.55 Å². The maximum Gasteiger partial charge on any atom is 0.328 e. The Morgan fingerprint density at radius 1 is 1.33 bits per heavy atom. The Morgan fingerprint density at radius 2 is 2.06 bits per heavy atom. The zero-order chi connectivity index (χ0) is 13.4. The number of aromatic nitrogens is 2. The minimum absolute atomic E-state index is 0.328. The normalized spacial score (nSPS) is 10.1. The zero-order valence-corrected chi connectivity index (χ0v) is 10.4. The lowest BCUT2D eigenvalue weighted by molar-refractivity contribution is 0.553. The van der Waals surface area contributed by atoms with Gasteiger partial charge in [0.2, 0.25) is 0 Å². The molecule has 0 aliphatic heterocycles. The first-order chi connectivity index (χ1) is 8.65. The zero-order valence-electron chi connectivity index (χ0n) is 10.4. The van der Waals surface area contributed by atoms with Gasteiger partial charge in [0.15, 0.2) is 0 Å². The molecule has 7 nitrogen and oxygen atoms in total. The highest BCUT2D eigenvalue weighted by Crippen LogP contribution is 2.01. The average Bonchev–Trinajstić information content (AvgIpc) is 2.34. The Kier molecular flexibility index (Phi) is 5.73. The van der Waals surface area contributed by atoms with Gasteiger partial charge in [0, 0.05) is 29.8 Å². The van der Waals surface area contributed by atoms with E-state index in [-0.39, 0.29) is 11.2 Å². The predicted octanol–water partition coefficient (Wildman–Crippen LogP) is 1.72. The molecule has 0 spiro atoms. The quantitative estimate of drug-likeness (QED) is 0.345. The first-order valence-electron chi connectivity index (χ1n) is 5.96. The Bertz CT molecular complexity index is 539. The molecule has 1 N–H and O–H groups in total. The number of azide groups is 1. The molecule has 98 valence electrons. The fraction of sp³-hybridized carbons (Fsp3) is 0.636. The van der Waals surface area contributed by atoms with Crippen molar-refractivity contribution in [2.45, 2.75) is 39.2 Å². The van der Waals surface area contributed by atoms with Crippen molar-refractivity contribution >= 4 is 0 Å². The first kappa shape index (κ1) is 14.1. The summed E-state index contributed by atoms with van der Waals surface area (Å²) in [5, 5.41) is 3.45. The third kappa shape index (κ3) is 4.47. The maximum absolute atomic E-state index is 11.4. The van der Waals surface area contributed by atoms with Crippen LogP contribution >= 0.6 is 0 Å². The largest absolute Gasteiger partial charge is 0.328 e. The van der Waals surface area contributed by atoms with E-state index >= 15 is 0 Å². The number of aryl methyl sites for hydroxylation is 2. The highest BCUT2D eigenvalue weighted by Gasteiger charge is 2.00. The van der Waals surface area contributed by atoms with Crippen LogP contribution in [0.25, 0.3) is 10.4 Å². The Hall–Kier alpha value is -2.01. The van der Waals surface area contributed by atoms with Crippen LogP contribution in [0.15, 0.2) is 20.9 Å². The number of H-pyrrole nitrogens is 1. The molecule has 0 saturated heterocycles. The number of hydrogen-bond donors (Lipinski definition) is 1. The molecule has 1 aromatic heterocycles. The van der Waals surface area contributed by atoms with Gasteiger partial charge in [0.05, 0.1) is 0 Å². The van der Waals surface area contributed by atoms with E-state index in [4.69, 9.17) is 5.53 Å². The monoisotopic (exact) mass is 251 g/mol. The molecule has 0 bridgehead atoms. The van der Waals surface area contributed by atoms with Crippen LogP contribution in [0, 0.1) is 6.92 Å². The molecule has 0 unspecified atom stereocenters. The average molecular weight is 251 g/mol. The number of rotatable bonds is 7. The summed E-state index contributed by atoms with van der Waals surface area (Å²) in [4.78, 5) is 27.6. The van der Waals surface area contributed by atoms with E-state index in [1.807, 2.05) is 0 Å². The summed E-state index contributed by atoms with van der Waals surface area (Å²) < 4.78 is 1.52. The number of hydrogen-bond acceptors (Lipinski definition) is 3. The highest BCUT2D eigenvalue weighted by atomic mass is 16.2. The van der Waals surface area contributed by atoms with Crippen LogP contribution in [0.2, 0.25) is 0 Å². The molecule has 1 rings (SSSR count). The highest BCUT2D eigenvalue weighted by molar-refractivity contribution is 5.00. The fourth-order valence-electron chi connectivity index (χ4n) is 1.65. The van der Waals surface area contributed by atoms with Crippen molar-refractivity contribution in [2.24, 2.45) is 5.11 Å². The minimum atomic E-state index is -0.361. The van der Waals surface area contributed by atoms with Gasteiger partial charge in [-0.25, -0.2) is 4.79 Å². The molecule has 0 aromatic carbocycles. The van der Waals surface area contributed by atoms with Crippen molar-refractivity contribution in [1.29, 1.82) is 0 Å². The molecule has 0 aliphatic carbocycles. The van der Waals surface area contributed by atoms with Crippen LogP contribution in [-0.2, 0) is 6.54 Å². The summed E-state index contributed by atoms with van der Waals surface area (Å²) in [7, 11) is 0. The van der Waals surface area contributed by atoms with Gasteiger partial charge in [-0.05, 0) is 25.3 Å². The topological polar surface area (TPSA) is 104 Å². The van der Waals surface area contributed by atoms with Crippen LogP contribution in [0.3, 0.4) is 0 Å². The molecular weight excluding hydrogens is 234 g/mol. The molecule has 0 saturated carbocycles. The SMILES string of the molecule is Cc1cn(CCCCCCN=[N+]=[N-])c(=O)[nH]c1=O. The molecule has 7 heteroatoms. The van der Waals surface area contributed by atoms with Gasteiger partial charge in [-0.3, -0.25) is 9.78 Å². The van der Waals surface area contributed by atoms with Crippen molar-refractivity contribution < 1.29 is 0 Å². The first-order valence-corrected chi connectivity index (χ1v) is 5.96. The van der Waals surface area contributed by atoms with Crippen LogP contribution in [0.1, 0.15) is 31.2 Å². The Morgan fingerprint density at radius 3 is 2.78 bits per heavy atom. The molecule has 0 atom stereocenters. The summed E-state index contributed by atoms with van der Waals surface area (Å²) in [5.74, 6) is 0. The maximum atomic E-state index is 11.4. The van der Waals surface area contributed by atoms with E-state index in [2.05, 4.69) is 15.0 Å². The summed E-state index contributed by atoms with van der Waals surface area (Å²) in [6.07, 6.45) is 5.24. The lowest BCUT2D eigenvalue weighted by Crippen LogP contribution is -2.30. The van der Waals surface area contributed by atoms with E-state index in [0.29, 0.717) is 18.7 Å². The van der Waals surface area contributed by atoms with Crippen LogP contribution in [0.4, 0.5) is 0 Å². The summed E-state index contributed by atoms with van der Waals surface area (Å²) in [5.41, 5.74) is 7.94. The van der Waals surface area contributed by atoms with Gasteiger partial charge in [-0.2, -0.15) is 0 Å². The van der Waals surface area contributed by atoms with Crippen LogP contribution in [-0.4, -0.2) is 16.1 Å². The molecule has 0 radical (unpaired) electrons. The van der Waals surface area contributed by atoms with Crippen LogP contribution < -0.4 is 11.2 Å². The van der Waals surface area contributed by atoms with Crippen molar-refractivity contribution in [3.63, 3.8) is 0 Å². The second-order valence-corrected chi connectivity index (χ2v) is 4.13. The molecule has 0 amide bonds. The van der Waals surface area contributed by atoms with Gasteiger partial charge in [-0.15, -0.1) is 0 Å². The van der Waals surface area contributed by atoms with Gasteiger partial charge in [-0.1, -0.05) is 18.0 Å². The van der Waals surface area contributed by atoms with E-state index in [9.17, 15) is 9.59 Å². The predicted molar refractivity (Wildman–Crippen MR) is 68.5 cm³/mol. The number of unbranched alkanes of at least 4 members (excludes halogenated alkanes) is 3. The summed E-state index contributed by atoms with van der Waals surface area (Å²) in [6, 6.07) is 0. The van der Waals surface area contributed by atoms with E-state index in [0.717, 1.165) is 25.7 Å².